The van der Waals surface area contributed by atoms with Gasteiger partial charge in [-0.25, -0.2) is 4.98 Å². The number of anilines is 1. The highest BCUT2D eigenvalue weighted by molar-refractivity contribution is 7.18. The van der Waals surface area contributed by atoms with E-state index in [1.807, 2.05) is 24.3 Å². The first-order valence-corrected chi connectivity index (χ1v) is 12.5. The van der Waals surface area contributed by atoms with Gasteiger partial charge in [0.15, 0.2) is 0 Å². The zero-order valence-electron chi connectivity index (χ0n) is 19.8. The summed E-state index contributed by atoms with van der Waals surface area (Å²) in [6.45, 7) is 2.35. The van der Waals surface area contributed by atoms with Crippen molar-refractivity contribution in [3.8, 4) is 0 Å². The fourth-order valence-electron chi connectivity index (χ4n) is 5.07. The van der Waals surface area contributed by atoms with Crippen LogP contribution in [0.2, 0.25) is 0 Å². The summed E-state index contributed by atoms with van der Waals surface area (Å²) in [6.07, 6.45) is 0.535. The number of carbonyl (C=O) groups excluding carboxylic acids is 2. The maximum atomic E-state index is 13.2. The number of hydrogen-bond donors (Lipinski definition) is 1. The topological polar surface area (TPSA) is 85.4 Å². The SMILES string of the molecule is C[N+](C)(C)C1CN(c2ccc3sc(CNC(=O)C4(CC(=O)[O-])Cc5ccccc5C4)nc3c2)C1. The molecule has 2 heterocycles. The Morgan fingerprint density at radius 2 is 1.82 bits per heavy atom. The number of hydrogen-bond acceptors (Lipinski definition) is 6. The average molecular weight is 479 g/mol. The number of amides is 1. The van der Waals surface area contributed by atoms with Crippen molar-refractivity contribution in [2.24, 2.45) is 5.41 Å². The van der Waals surface area contributed by atoms with E-state index in [-0.39, 0.29) is 18.9 Å². The highest BCUT2D eigenvalue weighted by Crippen LogP contribution is 2.40. The fraction of sp³-hybridized carbons (Fsp3) is 0.423. The summed E-state index contributed by atoms with van der Waals surface area (Å²) in [4.78, 5) is 31.8. The van der Waals surface area contributed by atoms with Crippen molar-refractivity contribution in [1.82, 2.24) is 10.3 Å². The van der Waals surface area contributed by atoms with E-state index in [2.05, 4.69) is 49.6 Å². The van der Waals surface area contributed by atoms with Crippen molar-refractivity contribution in [2.75, 3.05) is 39.1 Å². The number of carbonyl (C=O) groups is 2. The predicted octanol–water partition coefficient (Wildman–Crippen LogP) is 1.73. The van der Waals surface area contributed by atoms with Gasteiger partial charge in [0, 0.05) is 18.1 Å². The van der Waals surface area contributed by atoms with E-state index in [1.165, 1.54) is 5.69 Å². The van der Waals surface area contributed by atoms with Crippen molar-refractivity contribution < 1.29 is 19.2 Å². The third-order valence-corrected chi connectivity index (χ3v) is 8.32. The number of aromatic nitrogens is 1. The lowest BCUT2D eigenvalue weighted by atomic mass is 9.80. The number of fused-ring (bicyclic) bond motifs is 2. The predicted molar refractivity (Wildman–Crippen MR) is 131 cm³/mol. The van der Waals surface area contributed by atoms with Crippen molar-refractivity contribution >= 4 is 39.1 Å². The number of benzene rings is 2. The van der Waals surface area contributed by atoms with Gasteiger partial charge in [0.25, 0.3) is 0 Å². The van der Waals surface area contributed by atoms with Gasteiger partial charge in [0.1, 0.15) is 11.0 Å². The van der Waals surface area contributed by atoms with E-state index in [9.17, 15) is 14.7 Å². The molecule has 1 N–H and O–H groups in total. The second-order valence-corrected chi connectivity index (χ2v) is 11.7. The Morgan fingerprint density at radius 3 is 2.44 bits per heavy atom. The molecule has 1 fully saturated rings. The van der Waals surface area contributed by atoms with Gasteiger partial charge in [0.2, 0.25) is 5.91 Å². The third kappa shape index (κ3) is 4.28. The molecule has 0 saturated carbocycles. The lowest BCUT2D eigenvalue weighted by Gasteiger charge is -2.47. The number of aliphatic carboxylic acids is 1. The van der Waals surface area contributed by atoms with Crippen LogP contribution in [0.3, 0.4) is 0 Å². The molecule has 8 heteroatoms. The molecular weight excluding hydrogens is 448 g/mol. The van der Waals surface area contributed by atoms with Crippen LogP contribution < -0.4 is 15.3 Å². The van der Waals surface area contributed by atoms with Crippen molar-refractivity contribution in [2.45, 2.75) is 31.8 Å². The molecule has 178 valence electrons. The lowest BCUT2D eigenvalue weighted by molar-refractivity contribution is -0.896. The number of quaternary nitrogens is 1. The third-order valence-electron chi connectivity index (χ3n) is 7.28. The first-order chi connectivity index (χ1) is 16.1. The number of likely N-dealkylation sites (N-methyl/N-ethyl adjacent to an activating group) is 1. The quantitative estimate of drug-likeness (QED) is 0.523. The highest BCUT2D eigenvalue weighted by atomic mass is 32.1. The molecule has 1 aromatic heterocycles. The smallest absolute Gasteiger partial charge is 0.227 e. The van der Waals surface area contributed by atoms with Gasteiger partial charge >= 0.3 is 0 Å². The Morgan fingerprint density at radius 1 is 1.15 bits per heavy atom. The van der Waals surface area contributed by atoms with Crippen molar-refractivity contribution in [1.29, 1.82) is 0 Å². The second-order valence-electron chi connectivity index (χ2n) is 10.6. The van der Waals surface area contributed by atoms with E-state index >= 15 is 0 Å². The van der Waals surface area contributed by atoms with E-state index in [0.29, 0.717) is 18.9 Å². The number of carboxylic acid groups (broad SMARTS) is 1. The molecule has 0 atom stereocenters. The Labute approximate surface area is 203 Å². The molecule has 7 nitrogen and oxygen atoms in total. The molecule has 0 radical (unpaired) electrons. The Bertz CT molecular complexity index is 1230. The van der Waals surface area contributed by atoms with Crippen LogP contribution in [0.15, 0.2) is 42.5 Å². The van der Waals surface area contributed by atoms with Crippen LogP contribution in [0.1, 0.15) is 22.6 Å². The molecule has 2 aromatic carbocycles. The van der Waals surface area contributed by atoms with Gasteiger partial charge < -0.3 is 24.6 Å². The Balaban J connectivity index is 1.27. The van der Waals surface area contributed by atoms with Gasteiger partial charge in [-0.3, -0.25) is 4.79 Å². The zero-order chi connectivity index (χ0) is 24.1. The molecule has 2 aliphatic rings. The summed E-state index contributed by atoms with van der Waals surface area (Å²) in [5.41, 5.74) is 3.16. The van der Waals surface area contributed by atoms with Crippen LogP contribution in [0, 0.1) is 5.41 Å². The normalized spacial score (nSPS) is 17.4. The van der Waals surface area contributed by atoms with E-state index in [0.717, 1.165) is 43.9 Å². The van der Waals surface area contributed by atoms with Gasteiger partial charge in [-0.05, 0) is 42.2 Å². The minimum absolute atomic E-state index is 0.250. The molecule has 1 aliphatic carbocycles. The van der Waals surface area contributed by atoms with Gasteiger partial charge in [-0.1, -0.05) is 24.3 Å². The highest BCUT2D eigenvalue weighted by Gasteiger charge is 2.43. The van der Waals surface area contributed by atoms with Crippen LogP contribution >= 0.6 is 11.3 Å². The molecule has 1 amide bonds. The number of thiazole rings is 1. The molecule has 34 heavy (non-hydrogen) atoms. The average Bonchev–Trinajstić information content (AvgIpc) is 3.30. The molecule has 5 rings (SSSR count). The lowest BCUT2D eigenvalue weighted by Crippen LogP contribution is -2.64. The number of nitrogens with one attached hydrogen (secondary N) is 1. The maximum Gasteiger partial charge on any atom is 0.227 e. The van der Waals surface area contributed by atoms with Crippen LogP contribution in [-0.4, -0.2) is 61.6 Å². The maximum absolute atomic E-state index is 13.2. The summed E-state index contributed by atoms with van der Waals surface area (Å²) in [5.74, 6) is -1.45. The summed E-state index contributed by atoms with van der Waals surface area (Å²) in [5, 5.41) is 15.3. The number of rotatable bonds is 7. The van der Waals surface area contributed by atoms with E-state index < -0.39 is 11.4 Å². The summed E-state index contributed by atoms with van der Waals surface area (Å²) in [7, 11) is 6.69. The van der Waals surface area contributed by atoms with Gasteiger partial charge in [0.05, 0.1) is 56.4 Å². The Kier molecular flexibility index (Phi) is 5.61. The monoisotopic (exact) mass is 478 g/mol. The van der Waals surface area contributed by atoms with Crippen molar-refractivity contribution in [3.05, 3.63) is 58.6 Å². The molecule has 1 aliphatic heterocycles. The van der Waals surface area contributed by atoms with Gasteiger partial charge in [-0.2, -0.15) is 0 Å². The van der Waals surface area contributed by atoms with Crippen LogP contribution in [0.5, 0.6) is 0 Å². The van der Waals surface area contributed by atoms with Crippen LogP contribution in [0.25, 0.3) is 10.2 Å². The first-order valence-electron chi connectivity index (χ1n) is 11.6. The van der Waals surface area contributed by atoms with E-state index in [4.69, 9.17) is 4.98 Å². The Hall–Kier alpha value is -2.97. The molecular formula is C26H30N4O3S. The largest absolute Gasteiger partial charge is 0.550 e. The standard InChI is InChI=1S/C26H30N4O3S/c1-30(2,3)20-15-29(16-20)19-8-9-22-21(10-19)28-23(34-22)14-27-25(33)26(13-24(31)32)11-17-6-4-5-7-18(17)12-26/h4-10,20H,11-16H2,1-3H3,(H-,27,31,32,33). The summed E-state index contributed by atoms with van der Waals surface area (Å²) in [6, 6.07) is 14.8. The van der Waals surface area contributed by atoms with E-state index in [1.54, 1.807) is 11.3 Å². The molecule has 0 unspecified atom stereocenters. The first kappa shape index (κ1) is 22.8. The van der Waals surface area contributed by atoms with Gasteiger partial charge in [-0.15, -0.1) is 11.3 Å². The van der Waals surface area contributed by atoms with Crippen molar-refractivity contribution in [3.63, 3.8) is 0 Å². The van der Waals surface area contributed by atoms with Crippen LogP contribution in [-0.2, 0) is 29.0 Å². The minimum atomic E-state index is -1.20. The summed E-state index contributed by atoms with van der Waals surface area (Å²) >= 11 is 1.56. The number of nitrogens with zero attached hydrogens (tertiary/aromatic N) is 3. The second kappa shape index (κ2) is 8.36. The fourth-order valence-corrected chi connectivity index (χ4v) is 5.96. The molecule has 1 saturated heterocycles. The summed E-state index contributed by atoms with van der Waals surface area (Å²) < 4.78 is 2.04. The molecule has 0 bridgehead atoms. The number of carboxylic acids is 1. The zero-order valence-corrected chi connectivity index (χ0v) is 20.7. The van der Waals surface area contributed by atoms with Crippen LogP contribution in [0.4, 0.5) is 5.69 Å². The minimum Gasteiger partial charge on any atom is -0.550 e. The molecule has 3 aromatic rings. The molecule has 0 spiro atoms.